The van der Waals surface area contributed by atoms with Gasteiger partial charge in [-0.2, -0.15) is 0 Å². The number of benzene rings is 1. The van der Waals surface area contributed by atoms with Crippen LogP contribution in [-0.4, -0.2) is 60.4 Å². The molecule has 1 saturated heterocycles. The summed E-state index contributed by atoms with van der Waals surface area (Å²) in [6.07, 6.45) is 1.93. The van der Waals surface area contributed by atoms with E-state index in [-0.39, 0.29) is 24.4 Å². The lowest BCUT2D eigenvalue weighted by Gasteiger charge is -2.22. The molecule has 0 bridgehead atoms. The maximum Gasteiger partial charge on any atom is 0.321 e. The van der Waals surface area contributed by atoms with Crippen LogP contribution in [0.5, 0.6) is 0 Å². The number of amides is 4. The van der Waals surface area contributed by atoms with Crippen molar-refractivity contribution in [2.45, 2.75) is 33.1 Å². The fourth-order valence-electron chi connectivity index (χ4n) is 2.93. The van der Waals surface area contributed by atoms with Crippen molar-refractivity contribution < 1.29 is 14.4 Å². The summed E-state index contributed by atoms with van der Waals surface area (Å²) < 4.78 is 0. The summed E-state index contributed by atoms with van der Waals surface area (Å²) in [6.45, 7) is 6.15. The summed E-state index contributed by atoms with van der Waals surface area (Å²) in [5.41, 5.74) is 0.638. The van der Waals surface area contributed by atoms with Crippen molar-refractivity contribution in [3.63, 3.8) is 0 Å². The van der Waals surface area contributed by atoms with Crippen LogP contribution >= 0.6 is 11.6 Å². The summed E-state index contributed by atoms with van der Waals surface area (Å²) in [6, 6.07) is 6.78. The van der Waals surface area contributed by atoms with E-state index in [1.54, 1.807) is 34.1 Å². The molecule has 1 aliphatic heterocycles. The lowest BCUT2D eigenvalue weighted by molar-refractivity contribution is -0.132. The Morgan fingerprint density at radius 2 is 1.82 bits per heavy atom. The van der Waals surface area contributed by atoms with Crippen molar-refractivity contribution in [3.05, 3.63) is 29.3 Å². The predicted octanol–water partition coefficient (Wildman–Crippen LogP) is 2.96. The standard InChI is InChI=1S/C20H29ClN4O3/c1-15(2)7-8-18(26)22-14-19(27)24-9-4-10-25(12-11-24)20(28)23-17-6-3-5-16(21)13-17/h3,5-6,13,15H,4,7-12,14H2,1-2H3,(H,22,26)(H,23,28). The van der Waals surface area contributed by atoms with Gasteiger partial charge in [-0.15, -0.1) is 0 Å². The largest absolute Gasteiger partial charge is 0.347 e. The van der Waals surface area contributed by atoms with Crippen molar-refractivity contribution in [1.82, 2.24) is 15.1 Å². The second-order valence-corrected chi connectivity index (χ2v) is 7.81. The first-order valence-electron chi connectivity index (χ1n) is 9.71. The van der Waals surface area contributed by atoms with E-state index in [1.807, 2.05) is 0 Å². The molecule has 2 N–H and O–H groups in total. The summed E-state index contributed by atoms with van der Waals surface area (Å²) in [5, 5.41) is 6.08. The molecule has 0 spiro atoms. The van der Waals surface area contributed by atoms with Gasteiger partial charge in [-0.05, 0) is 37.0 Å². The lowest BCUT2D eigenvalue weighted by atomic mass is 10.1. The van der Waals surface area contributed by atoms with E-state index in [9.17, 15) is 14.4 Å². The molecule has 7 nitrogen and oxygen atoms in total. The number of nitrogens with one attached hydrogen (secondary N) is 2. The average Bonchev–Trinajstić information content (AvgIpc) is 2.90. The molecule has 0 unspecified atom stereocenters. The number of carbonyl (C=O) groups excluding carboxylic acids is 3. The molecule has 1 aromatic rings. The number of anilines is 1. The smallest absolute Gasteiger partial charge is 0.321 e. The second-order valence-electron chi connectivity index (χ2n) is 7.37. The highest BCUT2D eigenvalue weighted by Crippen LogP contribution is 2.16. The maximum absolute atomic E-state index is 12.5. The van der Waals surface area contributed by atoms with E-state index in [1.165, 1.54) is 0 Å². The SMILES string of the molecule is CC(C)CCC(=O)NCC(=O)N1CCCN(C(=O)Nc2cccc(Cl)c2)CC1. The second kappa shape index (κ2) is 10.9. The van der Waals surface area contributed by atoms with Crippen molar-refractivity contribution in [2.24, 2.45) is 5.92 Å². The van der Waals surface area contributed by atoms with Gasteiger partial charge in [-0.3, -0.25) is 9.59 Å². The van der Waals surface area contributed by atoms with Gasteiger partial charge < -0.3 is 20.4 Å². The Balaban J connectivity index is 1.78. The minimum Gasteiger partial charge on any atom is -0.347 e. The van der Waals surface area contributed by atoms with Crippen LogP contribution in [0.1, 0.15) is 33.1 Å². The van der Waals surface area contributed by atoms with Gasteiger partial charge in [0.25, 0.3) is 0 Å². The molecular formula is C20H29ClN4O3. The number of nitrogens with zero attached hydrogens (tertiary/aromatic N) is 2. The molecule has 0 radical (unpaired) electrons. The first kappa shape index (κ1) is 22.0. The van der Waals surface area contributed by atoms with Gasteiger partial charge in [0.1, 0.15) is 0 Å². The fourth-order valence-corrected chi connectivity index (χ4v) is 3.12. The zero-order chi connectivity index (χ0) is 20.5. The number of rotatable bonds is 6. The van der Waals surface area contributed by atoms with E-state index >= 15 is 0 Å². The molecule has 2 rings (SSSR count). The third-order valence-electron chi connectivity index (χ3n) is 4.60. The fraction of sp³-hybridized carbons (Fsp3) is 0.550. The summed E-state index contributed by atoms with van der Waals surface area (Å²) in [7, 11) is 0. The maximum atomic E-state index is 12.5. The van der Waals surface area contributed by atoms with Crippen molar-refractivity contribution >= 4 is 35.1 Å². The Kier molecular flexibility index (Phi) is 8.57. The molecule has 1 fully saturated rings. The number of carbonyl (C=O) groups is 3. The monoisotopic (exact) mass is 408 g/mol. The number of hydrogen-bond donors (Lipinski definition) is 2. The third-order valence-corrected chi connectivity index (χ3v) is 4.83. The van der Waals surface area contributed by atoms with Crippen LogP contribution in [0.15, 0.2) is 24.3 Å². The van der Waals surface area contributed by atoms with E-state index in [4.69, 9.17) is 11.6 Å². The van der Waals surface area contributed by atoms with E-state index < -0.39 is 0 Å². The molecule has 4 amide bonds. The number of hydrogen-bond acceptors (Lipinski definition) is 3. The molecule has 0 aromatic heterocycles. The highest BCUT2D eigenvalue weighted by molar-refractivity contribution is 6.30. The van der Waals surface area contributed by atoms with Gasteiger partial charge >= 0.3 is 6.03 Å². The van der Waals surface area contributed by atoms with Crippen LogP contribution in [0.3, 0.4) is 0 Å². The zero-order valence-corrected chi connectivity index (χ0v) is 17.3. The Bertz CT molecular complexity index is 696. The summed E-state index contributed by atoms with van der Waals surface area (Å²) in [4.78, 5) is 40.0. The van der Waals surface area contributed by atoms with Gasteiger partial charge in [-0.25, -0.2) is 4.79 Å². The predicted molar refractivity (Wildman–Crippen MR) is 110 cm³/mol. The average molecular weight is 409 g/mol. The van der Waals surface area contributed by atoms with Gasteiger partial charge in [-0.1, -0.05) is 31.5 Å². The highest BCUT2D eigenvalue weighted by Gasteiger charge is 2.22. The van der Waals surface area contributed by atoms with Crippen LogP contribution in [-0.2, 0) is 9.59 Å². The third kappa shape index (κ3) is 7.38. The van der Waals surface area contributed by atoms with Crippen LogP contribution in [0.4, 0.5) is 10.5 Å². The first-order valence-corrected chi connectivity index (χ1v) is 10.1. The minimum absolute atomic E-state index is 0.00559. The molecule has 8 heteroatoms. The van der Waals surface area contributed by atoms with Gasteiger partial charge in [0.2, 0.25) is 11.8 Å². The van der Waals surface area contributed by atoms with Crippen molar-refractivity contribution in [1.29, 1.82) is 0 Å². The van der Waals surface area contributed by atoms with Crippen LogP contribution in [0, 0.1) is 5.92 Å². The number of halogens is 1. The van der Waals surface area contributed by atoms with E-state index in [0.717, 1.165) is 6.42 Å². The van der Waals surface area contributed by atoms with E-state index in [0.29, 0.717) is 55.6 Å². The normalized spacial score (nSPS) is 14.6. The molecule has 0 atom stereocenters. The molecule has 0 saturated carbocycles. The topological polar surface area (TPSA) is 81.8 Å². The molecule has 154 valence electrons. The number of urea groups is 1. The Hall–Kier alpha value is -2.28. The molecule has 0 aliphatic carbocycles. The highest BCUT2D eigenvalue weighted by atomic mass is 35.5. The van der Waals surface area contributed by atoms with E-state index in [2.05, 4.69) is 24.5 Å². The lowest BCUT2D eigenvalue weighted by Crippen LogP contribution is -2.43. The van der Waals surface area contributed by atoms with Crippen LogP contribution < -0.4 is 10.6 Å². The molecule has 1 aliphatic rings. The summed E-state index contributed by atoms with van der Waals surface area (Å²) in [5.74, 6) is 0.241. The van der Waals surface area contributed by atoms with Gasteiger partial charge in [0.05, 0.1) is 6.54 Å². The van der Waals surface area contributed by atoms with Crippen molar-refractivity contribution in [2.75, 3.05) is 38.0 Å². The first-order chi connectivity index (χ1) is 13.3. The molecular weight excluding hydrogens is 380 g/mol. The van der Waals surface area contributed by atoms with Crippen LogP contribution in [0.2, 0.25) is 5.02 Å². The molecule has 28 heavy (non-hydrogen) atoms. The van der Waals surface area contributed by atoms with Gasteiger partial charge in [0, 0.05) is 43.3 Å². The Morgan fingerprint density at radius 1 is 1.11 bits per heavy atom. The summed E-state index contributed by atoms with van der Waals surface area (Å²) >= 11 is 5.94. The molecule has 1 aromatic carbocycles. The quantitative estimate of drug-likeness (QED) is 0.759. The molecule has 1 heterocycles. The minimum atomic E-state index is -0.210. The Labute approximate surface area is 171 Å². The zero-order valence-electron chi connectivity index (χ0n) is 16.5. The van der Waals surface area contributed by atoms with Gasteiger partial charge in [0.15, 0.2) is 0 Å². The van der Waals surface area contributed by atoms with Crippen molar-refractivity contribution in [3.8, 4) is 0 Å². The van der Waals surface area contributed by atoms with Crippen LogP contribution in [0.25, 0.3) is 0 Å². The Morgan fingerprint density at radius 3 is 2.54 bits per heavy atom.